The first-order valence-corrected chi connectivity index (χ1v) is 11.8. The van der Waals surface area contributed by atoms with Gasteiger partial charge in [-0.25, -0.2) is 9.59 Å². The second kappa shape index (κ2) is 8.17. The topological polar surface area (TPSA) is 85.3 Å². The van der Waals surface area contributed by atoms with Gasteiger partial charge in [0.25, 0.3) is 0 Å². The zero-order valence-corrected chi connectivity index (χ0v) is 18.9. The first kappa shape index (κ1) is 21.2. The van der Waals surface area contributed by atoms with Gasteiger partial charge in [0.1, 0.15) is 12.7 Å². The van der Waals surface area contributed by atoms with Crippen molar-refractivity contribution < 1.29 is 28.9 Å². The number of hydrogen-bond acceptors (Lipinski definition) is 7. The average Bonchev–Trinajstić information content (AvgIpc) is 3.13. The molecule has 34 heavy (non-hydrogen) atoms. The molecule has 4 bridgehead atoms. The van der Waals surface area contributed by atoms with Crippen LogP contribution >= 0.6 is 0 Å². The van der Waals surface area contributed by atoms with Crippen LogP contribution in [0.3, 0.4) is 0 Å². The summed E-state index contributed by atoms with van der Waals surface area (Å²) in [6.07, 6.45) is 4.63. The number of rotatable bonds is 3. The van der Waals surface area contributed by atoms with E-state index in [-0.39, 0.29) is 24.2 Å². The van der Waals surface area contributed by atoms with Crippen LogP contribution in [0.15, 0.2) is 54.6 Å². The summed E-state index contributed by atoms with van der Waals surface area (Å²) < 4.78 is 17.1. The molecule has 2 aromatic rings. The summed E-state index contributed by atoms with van der Waals surface area (Å²) in [6.45, 7) is 0.979. The molecule has 1 N–H and O–H groups in total. The lowest BCUT2D eigenvalue weighted by Gasteiger charge is -2.43. The third kappa shape index (κ3) is 3.38. The lowest BCUT2D eigenvalue weighted by molar-refractivity contribution is -0.172. The van der Waals surface area contributed by atoms with Gasteiger partial charge >= 0.3 is 11.9 Å². The first-order valence-electron chi connectivity index (χ1n) is 11.8. The van der Waals surface area contributed by atoms with Gasteiger partial charge in [-0.1, -0.05) is 42.5 Å². The van der Waals surface area contributed by atoms with E-state index < -0.39 is 24.1 Å². The van der Waals surface area contributed by atoms with Gasteiger partial charge in [-0.3, -0.25) is 0 Å². The Morgan fingerprint density at radius 3 is 2.76 bits per heavy atom. The van der Waals surface area contributed by atoms with Crippen LogP contribution in [-0.4, -0.2) is 53.8 Å². The molecule has 1 saturated heterocycles. The van der Waals surface area contributed by atoms with Crippen molar-refractivity contribution in [1.82, 2.24) is 4.90 Å². The predicted octanol–water partition coefficient (Wildman–Crippen LogP) is 2.95. The monoisotopic (exact) mass is 461 g/mol. The molecule has 0 aromatic heterocycles. The number of carbonyl (C=O) groups excluding carboxylic acids is 2. The van der Waals surface area contributed by atoms with Crippen LogP contribution < -0.4 is 4.74 Å². The van der Waals surface area contributed by atoms with Crippen molar-refractivity contribution in [3.63, 3.8) is 0 Å². The minimum Gasteiger partial charge on any atom is -0.504 e. The van der Waals surface area contributed by atoms with Crippen LogP contribution in [-0.2, 0) is 32.1 Å². The van der Waals surface area contributed by atoms with E-state index in [4.69, 9.17) is 14.2 Å². The number of piperidine rings is 1. The van der Waals surface area contributed by atoms with Crippen molar-refractivity contribution >= 4 is 11.9 Å². The van der Waals surface area contributed by atoms with Gasteiger partial charge in [-0.05, 0) is 61.5 Å². The third-order valence-electron chi connectivity index (χ3n) is 7.89. The second-order valence-electron chi connectivity index (χ2n) is 9.69. The number of carbonyl (C=O) groups is 2. The van der Waals surface area contributed by atoms with Gasteiger partial charge in [0.05, 0.1) is 0 Å². The smallest absolute Gasteiger partial charge is 0.418 e. The van der Waals surface area contributed by atoms with Gasteiger partial charge in [0.15, 0.2) is 17.6 Å². The van der Waals surface area contributed by atoms with Crippen molar-refractivity contribution in [2.75, 3.05) is 13.6 Å². The molecule has 1 fully saturated rings. The molecule has 176 valence electrons. The standard InChI is InChI=1S/C27H27NO6/c1-28-12-11-18-17-8-10-21(33-27(31)26(30)32-14-15-5-3-2-4-6-15)25-23(18)22-16(13-19(17)28)7-9-20(29)24(22)34-25/h2-10,17-19,21,23,25,29H,11-14H2,1H3/t17-,18-,19-,21+,23?,25+/m1/s1. The second-order valence-corrected chi connectivity index (χ2v) is 9.69. The SMILES string of the molecule is CN1CC[C@H]2C3c4c5ccc(O)c4O[C@H]3[C@@H](OC(=O)C(=O)OCc3ccccc3)C=C[C@H]2[C@H]1C5. The fraction of sp³-hybridized carbons (Fsp3) is 0.407. The van der Waals surface area contributed by atoms with Crippen molar-refractivity contribution in [3.8, 4) is 11.5 Å². The fourth-order valence-corrected chi connectivity index (χ4v) is 6.30. The van der Waals surface area contributed by atoms with Crippen LogP contribution in [0.2, 0.25) is 0 Å². The fourth-order valence-electron chi connectivity index (χ4n) is 6.30. The molecule has 0 spiro atoms. The van der Waals surface area contributed by atoms with Gasteiger partial charge < -0.3 is 24.2 Å². The zero-order chi connectivity index (χ0) is 23.4. The maximum Gasteiger partial charge on any atom is 0.418 e. The molecule has 7 nitrogen and oxygen atoms in total. The molecule has 0 saturated carbocycles. The highest BCUT2D eigenvalue weighted by atomic mass is 16.6. The Bertz CT molecular complexity index is 1160. The molecule has 6 rings (SSSR count). The Morgan fingerprint density at radius 1 is 1.12 bits per heavy atom. The molecule has 0 amide bonds. The van der Waals surface area contributed by atoms with Crippen LogP contribution in [0.4, 0.5) is 0 Å². The minimum absolute atomic E-state index is 0.00132. The lowest BCUT2D eigenvalue weighted by Crippen LogP contribution is -2.48. The molecular formula is C27H27NO6. The normalized spacial score (nSPS) is 30.6. The first-order chi connectivity index (χ1) is 16.5. The molecular weight excluding hydrogens is 434 g/mol. The maximum absolute atomic E-state index is 12.7. The van der Waals surface area contributed by atoms with Gasteiger partial charge in [-0.15, -0.1) is 0 Å². The van der Waals surface area contributed by atoms with Gasteiger partial charge in [0.2, 0.25) is 0 Å². The molecule has 2 aliphatic heterocycles. The number of esters is 2. The van der Waals surface area contributed by atoms with Gasteiger partial charge in [-0.2, -0.15) is 0 Å². The van der Waals surface area contributed by atoms with E-state index >= 15 is 0 Å². The van der Waals surface area contributed by atoms with Crippen molar-refractivity contribution in [1.29, 1.82) is 0 Å². The highest BCUT2D eigenvalue weighted by Crippen LogP contribution is 2.57. The minimum atomic E-state index is -1.04. The van der Waals surface area contributed by atoms with E-state index in [1.807, 2.05) is 42.5 Å². The highest BCUT2D eigenvalue weighted by Gasteiger charge is 2.54. The number of likely N-dealkylation sites (N-methyl/N-ethyl adjacent to an activating group) is 1. The Kier molecular flexibility index (Phi) is 5.10. The number of phenols is 1. The number of phenolic OH excluding ortho intramolecular Hbond substituents is 1. The average molecular weight is 462 g/mol. The summed E-state index contributed by atoms with van der Waals surface area (Å²) in [5.74, 6) is -0.921. The van der Waals surface area contributed by atoms with Crippen molar-refractivity contribution in [2.24, 2.45) is 11.8 Å². The maximum atomic E-state index is 12.7. The highest BCUT2D eigenvalue weighted by molar-refractivity contribution is 6.29. The largest absolute Gasteiger partial charge is 0.504 e. The van der Waals surface area contributed by atoms with Gasteiger partial charge in [0, 0.05) is 17.5 Å². The number of nitrogens with zero attached hydrogens (tertiary/aromatic N) is 1. The Labute approximate surface area is 197 Å². The van der Waals surface area contributed by atoms with Crippen LogP contribution in [0.25, 0.3) is 0 Å². The molecule has 0 radical (unpaired) electrons. The van der Waals surface area contributed by atoms with E-state index in [9.17, 15) is 14.7 Å². The van der Waals surface area contributed by atoms with Crippen LogP contribution in [0.1, 0.15) is 29.0 Å². The third-order valence-corrected chi connectivity index (χ3v) is 7.89. The summed E-state index contributed by atoms with van der Waals surface area (Å²) in [7, 11) is 2.15. The summed E-state index contributed by atoms with van der Waals surface area (Å²) in [5.41, 5.74) is 3.00. The quantitative estimate of drug-likeness (QED) is 0.427. The number of benzene rings is 2. The van der Waals surface area contributed by atoms with Crippen molar-refractivity contribution in [2.45, 2.75) is 43.6 Å². The van der Waals surface area contributed by atoms with E-state index in [0.29, 0.717) is 17.7 Å². The van der Waals surface area contributed by atoms with Crippen LogP contribution in [0.5, 0.6) is 11.5 Å². The number of ether oxygens (including phenoxy) is 3. The number of hydrogen-bond donors (Lipinski definition) is 1. The summed E-state index contributed by atoms with van der Waals surface area (Å²) in [6, 6.07) is 13.2. The molecule has 2 aromatic carbocycles. The van der Waals surface area contributed by atoms with E-state index in [1.165, 1.54) is 5.56 Å². The Balaban J connectivity index is 1.28. The summed E-state index contributed by atoms with van der Waals surface area (Å²) in [4.78, 5) is 27.5. The Morgan fingerprint density at radius 2 is 1.94 bits per heavy atom. The number of likely N-dealkylation sites (tertiary alicyclic amines) is 1. The van der Waals surface area contributed by atoms with E-state index in [1.54, 1.807) is 6.07 Å². The molecule has 2 aliphatic carbocycles. The predicted molar refractivity (Wildman–Crippen MR) is 122 cm³/mol. The lowest BCUT2D eigenvalue weighted by atomic mass is 9.72. The molecule has 4 aliphatic rings. The Hall–Kier alpha value is -3.32. The van der Waals surface area contributed by atoms with E-state index in [2.05, 4.69) is 18.0 Å². The van der Waals surface area contributed by atoms with Crippen molar-refractivity contribution in [3.05, 3.63) is 71.3 Å². The molecule has 7 heteroatoms. The number of aromatic hydroxyl groups is 1. The summed E-state index contributed by atoms with van der Waals surface area (Å²) >= 11 is 0. The zero-order valence-electron chi connectivity index (χ0n) is 18.9. The van der Waals surface area contributed by atoms with Crippen LogP contribution in [0, 0.1) is 11.8 Å². The molecule has 6 atom stereocenters. The van der Waals surface area contributed by atoms with E-state index in [0.717, 1.165) is 30.5 Å². The molecule has 2 heterocycles. The summed E-state index contributed by atoms with van der Waals surface area (Å²) in [5, 5.41) is 10.6. The molecule has 1 unspecified atom stereocenters.